The Labute approximate surface area is 72.0 Å². The monoisotopic (exact) mass is 198 g/mol. The predicted octanol–water partition coefficient (Wildman–Crippen LogP) is 1.82. The van der Waals surface area contributed by atoms with E-state index in [1.807, 2.05) is 0 Å². The number of rotatable bonds is 5. The summed E-state index contributed by atoms with van der Waals surface area (Å²) in [6, 6.07) is 0. The molecule has 0 rings (SSSR count). The highest BCUT2D eigenvalue weighted by atomic mass is 35.5. The van der Waals surface area contributed by atoms with Gasteiger partial charge in [0, 0.05) is 11.3 Å². The van der Waals surface area contributed by atoms with Crippen molar-refractivity contribution >= 4 is 19.9 Å². The first-order chi connectivity index (χ1) is 5.04. The molecule has 0 heterocycles. The van der Waals surface area contributed by atoms with Gasteiger partial charge in [-0.25, -0.2) is 0 Å². The molecule has 5 heteroatoms. The Morgan fingerprint density at radius 2 is 2.45 bits per heavy atom. The third kappa shape index (κ3) is 4.59. The van der Waals surface area contributed by atoms with E-state index in [2.05, 4.69) is 11.1 Å². The minimum absolute atomic E-state index is 0.133. The standard InChI is InChI=1S/C6H12ClO3P/c1-3-6(2,4-7)5-10-11(8)9/h3,11H,1,4-5H2,2H3,(H,8,9). The van der Waals surface area contributed by atoms with E-state index in [0.29, 0.717) is 5.88 Å². The van der Waals surface area contributed by atoms with Gasteiger partial charge in [-0.15, -0.1) is 18.2 Å². The van der Waals surface area contributed by atoms with Crippen molar-refractivity contribution in [2.24, 2.45) is 5.41 Å². The molecule has 0 aromatic carbocycles. The van der Waals surface area contributed by atoms with E-state index in [1.165, 1.54) is 0 Å². The van der Waals surface area contributed by atoms with Crippen molar-refractivity contribution in [2.45, 2.75) is 6.92 Å². The Balaban J connectivity index is 3.87. The van der Waals surface area contributed by atoms with E-state index in [-0.39, 0.29) is 6.61 Å². The van der Waals surface area contributed by atoms with Crippen molar-refractivity contribution in [3.05, 3.63) is 12.7 Å². The number of hydrogen-bond acceptors (Lipinski definition) is 2. The van der Waals surface area contributed by atoms with Crippen LogP contribution in [0, 0.1) is 5.41 Å². The summed E-state index contributed by atoms with van der Waals surface area (Å²) in [5, 5.41) is 0. The highest BCUT2D eigenvalue weighted by Gasteiger charge is 2.19. The molecule has 66 valence electrons. The lowest BCUT2D eigenvalue weighted by Crippen LogP contribution is -2.20. The molecule has 0 aliphatic rings. The average Bonchev–Trinajstić information content (AvgIpc) is 2.00. The van der Waals surface area contributed by atoms with Gasteiger partial charge in [-0.1, -0.05) is 13.0 Å². The van der Waals surface area contributed by atoms with E-state index in [4.69, 9.17) is 16.5 Å². The Kier molecular flexibility index (Phi) is 5.02. The van der Waals surface area contributed by atoms with Crippen LogP contribution in [0.25, 0.3) is 0 Å². The smallest absolute Gasteiger partial charge is 0.316 e. The summed E-state index contributed by atoms with van der Waals surface area (Å²) in [5.41, 5.74) is -0.412. The molecule has 2 atom stereocenters. The molecule has 0 aromatic rings. The van der Waals surface area contributed by atoms with Crippen molar-refractivity contribution in [3.8, 4) is 0 Å². The van der Waals surface area contributed by atoms with Crippen molar-refractivity contribution in [3.63, 3.8) is 0 Å². The Morgan fingerprint density at radius 3 is 2.73 bits per heavy atom. The lowest BCUT2D eigenvalue weighted by atomic mass is 9.95. The summed E-state index contributed by atoms with van der Waals surface area (Å²) in [6.07, 6.45) is 1.62. The first-order valence-electron chi connectivity index (χ1n) is 3.09. The van der Waals surface area contributed by atoms with Crippen molar-refractivity contribution in [2.75, 3.05) is 12.5 Å². The van der Waals surface area contributed by atoms with Crippen molar-refractivity contribution < 1.29 is 14.0 Å². The molecule has 11 heavy (non-hydrogen) atoms. The molecular weight excluding hydrogens is 186 g/mol. The third-order valence-corrected chi connectivity index (χ3v) is 2.33. The maximum Gasteiger partial charge on any atom is 0.316 e. The Morgan fingerprint density at radius 1 is 1.91 bits per heavy atom. The molecule has 0 aliphatic heterocycles. The second-order valence-electron chi connectivity index (χ2n) is 2.55. The molecule has 0 radical (unpaired) electrons. The van der Waals surface area contributed by atoms with Gasteiger partial charge < -0.3 is 9.42 Å². The molecule has 3 nitrogen and oxygen atoms in total. The van der Waals surface area contributed by atoms with Gasteiger partial charge in [0.1, 0.15) is 0 Å². The SMILES string of the molecule is C=CC(C)(CCl)CO[PH](=O)O. The van der Waals surface area contributed by atoms with Gasteiger partial charge >= 0.3 is 8.25 Å². The maximum absolute atomic E-state index is 10.2. The van der Waals surface area contributed by atoms with E-state index >= 15 is 0 Å². The second-order valence-corrected chi connectivity index (χ2v) is 3.63. The van der Waals surface area contributed by atoms with Gasteiger partial charge in [0.05, 0.1) is 6.61 Å². The van der Waals surface area contributed by atoms with Crippen LogP contribution in [-0.4, -0.2) is 17.4 Å². The summed E-state index contributed by atoms with van der Waals surface area (Å²) in [7, 11) is -2.84. The van der Waals surface area contributed by atoms with Crippen LogP contribution >= 0.6 is 19.9 Å². The predicted molar refractivity (Wildman–Crippen MR) is 46.2 cm³/mol. The molecule has 0 fully saturated rings. The molecule has 0 bridgehead atoms. The Bertz CT molecular complexity index is 162. The molecule has 0 amide bonds. The molecule has 0 spiro atoms. The average molecular weight is 199 g/mol. The highest BCUT2D eigenvalue weighted by molar-refractivity contribution is 7.32. The minimum Gasteiger partial charge on any atom is -0.326 e. The summed E-state index contributed by atoms with van der Waals surface area (Å²) in [5.74, 6) is 0.325. The van der Waals surface area contributed by atoms with E-state index < -0.39 is 13.7 Å². The fourth-order valence-corrected chi connectivity index (χ4v) is 1.02. The minimum atomic E-state index is -2.84. The summed E-state index contributed by atoms with van der Waals surface area (Å²) >= 11 is 5.57. The van der Waals surface area contributed by atoms with Gasteiger partial charge in [0.2, 0.25) is 0 Å². The fourth-order valence-electron chi connectivity index (χ4n) is 0.379. The van der Waals surface area contributed by atoms with Crippen LogP contribution < -0.4 is 0 Å². The van der Waals surface area contributed by atoms with Crippen LogP contribution in [-0.2, 0) is 9.09 Å². The topological polar surface area (TPSA) is 46.5 Å². The molecule has 0 aliphatic carbocycles. The van der Waals surface area contributed by atoms with Crippen molar-refractivity contribution in [1.82, 2.24) is 0 Å². The zero-order valence-electron chi connectivity index (χ0n) is 6.34. The van der Waals surface area contributed by atoms with Crippen LogP contribution in [0.3, 0.4) is 0 Å². The van der Waals surface area contributed by atoms with Crippen molar-refractivity contribution in [1.29, 1.82) is 0 Å². The summed E-state index contributed by atoms with van der Waals surface area (Å²) in [4.78, 5) is 8.35. The largest absolute Gasteiger partial charge is 0.326 e. The van der Waals surface area contributed by atoms with Gasteiger partial charge in [-0.05, 0) is 0 Å². The van der Waals surface area contributed by atoms with Crippen LogP contribution in [0.5, 0.6) is 0 Å². The molecule has 1 N–H and O–H groups in total. The molecular formula is C6H12ClO3P. The lowest BCUT2D eigenvalue weighted by Gasteiger charge is -2.20. The summed E-state index contributed by atoms with van der Waals surface area (Å²) < 4.78 is 14.7. The normalized spacial score (nSPS) is 18.8. The Hall–Kier alpha value is 0.180. The number of hydrogen-bond donors (Lipinski definition) is 1. The van der Waals surface area contributed by atoms with Crippen LogP contribution in [0.2, 0.25) is 0 Å². The fraction of sp³-hybridized carbons (Fsp3) is 0.667. The van der Waals surface area contributed by atoms with E-state index in [1.54, 1.807) is 13.0 Å². The van der Waals surface area contributed by atoms with Crippen LogP contribution in [0.15, 0.2) is 12.7 Å². The number of halogens is 1. The second kappa shape index (κ2) is 4.94. The maximum atomic E-state index is 10.2. The van der Waals surface area contributed by atoms with Gasteiger partial charge in [0.25, 0.3) is 0 Å². The molecule has 0 saturated heterocycles. The molecule has 0 saturated carbocycles. The lowest BCUT2D eigenvalue weighted by molar-refractivity contribution is 0.210. The first kappa shape index (κ1) is 11.2. The van der Waals surface area contributed by atoms with Gasteiger partial charge in [0.15, 0.2) is 0 Å². The summed E-state index contributed by atoms with van der Waals surface area (Å²) in [6.45, 7) is 5.48. The van der Waals surface area contributed by atoms with Crippen LogP contribution in [0.4, 0.5) is 0 Å². The zero-order valence-corrected chi connectivity index (χ0v) is 8.10. The van der Waals surface area contributed by atoms with Gasteiger partial charge in [-0.3, -0.25) is 4.57 Å². The zero-order chi connectivity index (χ0) is 8.91. The highest BCUT2D eigenvalue weighted by Crippen LogP contribution is 2.25. The first-order valence-corrected chi connectivity index (χ1v) is 4.89. The number of alkyl halides is 1. The van der Waals surface area contributed by atoms with E-state index in [9.17, 15) is 4.57 Å². The molecule has 2 unspecified atom stereocenters. The van der Waals surface area contributed by atoms with Crippen LogP contribution in [0.1, 0.15) is 6.92 Å². The van der Waals surface area contributed by atoms with E-state index in [0.717, 1.165) is 0 Å². The quantitative estimate of drug-likeness (QED) is 0.416. The van der Waals surface area contributed by atoms with Gasteiger partial charge in [-0.2, -0.15) is 0 Å². The third-order valence-electron chi connectivity index (χ3n) is 1.32. The molecule has 0 aromatic heterocycles.